The van der Waals surface area contributed by atoms with Crippen molar-refractivity contribution in [1.29, 1.82) is 0 Å². The van der Waals surface area contributed by atoms with Crippen molar-refractivity contribution >= 4 is 23.2 Å². The first-order valence-electron chi connectivity index (χ1n) is 8.22. The van der Waals surface area contributed by atoms with E-state index in [1.54, 1.807) is 42.5 Å². The lowest BCUT2D eigenvalue weighted by Crippen LogP contribution is -2.13. The van der Waals surface area contributed by atoms with Crippen molar-refractivity contribution in [2.45, 2.75) is 6.92 Å². The first-order chi connectivity index (χ1) is 12.7. The minimum Gasteiger partial charge on any atom is -0.493 e. The van der Waals surface area contributed by atoms with Crippen molar-refractivity contribution in [3.8, 4) is 17.2 Å². The van der Waals surface area contributed by atoms with Gasteiger partial charge in [0.05, 0.1) is 12.2 Å². The van der Waals surface area contributed by atoms with E-state index in [2.05, 4.69) is 5.32 Å². The van der Waals surface area contributed by atoms with Gasteiger partial charge in [-0.15, -0.1) is 0 Å². The molecule has 26 heavy (non-hydrogen) atoms. The third-order valence-corrected chi connectivity index (χ3v) is 3.81. The summed E-state index contributed by atoms with van der Waals surface area (Å²) in [5.41, 5.74) is 1.04. The summed E-state index contributed by atoms with van der Waals surface area (Å²) in [6.07, 6.45) is 0. The molecule has 0 atom stereocenters. The van der Waals surface area contributed by atoms with Crippen molar-refractivity contribution in [3.63, 3.8) is 0 Å². The van der Waals surface area contributed by atoms with Crippen LogP contribution in [0.3, 0.4) is 0 Å². The minimum atomic E-state index is -0.285. The number of para-hydroxylation sites is 1. The van der Waals surface area contributed by atoms with Crippen molar-refractivity contribution in [2.24, 2.45) is 0 Å². The molecule has 1 amide bonds. The highest BCUT2D eigenvalue weighted by atomic mass is 35.5. The Kier molecular flexibility index (Phi) is 5.77. The maximum Gasteiger partial charge on any atom is 0.259 e. The van der Waals surface area contributed by atoms with Gasteiger partial charge in [-0.05, 0) is 61.5 Å². The number of halogens is 1. The van der Waals surface area contributed by atoms with E-state index < -0.39 is 0 Å². The molecular formula is C21H18ClNO3. The fraction of sp³-hybridized carbons (Fsp3) is 0.0952. The number of anilines is 1. The van der Waals surface area contributed by atoms with Crippen LogP contribution in [0.4, 0.5) is 5.69 Å². The molecule has 0 aliphatic heterocycles. The van der Waals surface area contributed by atoms with Gasteiger partial charge < -0.3 is 14.8 Å². The zero-order valence-corrected chi connectivity index (χ0v) is 15.0. The molecular weight excluding hydrogens is 350 g/mol. The Bertz CT molecular complexity index is 880. The molecule has 5 heteroatoms. The molecule has 3 aromatic carbocycles. The second-order valence-corrected chi connectivity index (χ2v) is 5.90. The summed E-state index contributed by atoms with van der Waals surface area (Å²) < 4.78 is 11.2. The molecule has 0 aromatic heterocycles. The van der Waals surface area contributed by atoms with Gasteiger partial charge in [0.2, 0.25) is 0 Å². The van der Waals surface area contributed by atoms with Crippen LogP contribution in [0, 0.1) is 0 Å². The van der Waals surface area contributed by atoms with Gasteiger partial charge in [0.1, 0.15) is 17.2 Å². The Balaban J connectivity index is 1.71. The van der Waals surface area contributed by atoms with Crippen LogP contribution in [0.1, 0.15) is 17.3 Å². The number of nitrogens with one attached hydrogen (secondary N) is 1. The molecule has 4 nitrogen and oxygen atoms in total. The summed E-state index contributed by atoms with van der Waals surface area (Å²) in [6.45, 7) is 2.33. The highest BCUT2D eigenvalue weighted by Crippen LogP contribution is 2.26. The summed E-state index contributed by atoms with van der Waals surface area (Å²) in [4.78, 5) is 12.6. The second kappa shape index (κ2) is 8.41. The molecule has 0 saturated heterocycles. The van der Waals surface area contributed by atoms with E-state index in [1.165, 1.54) is 0 Å². The highest BCUT2D eigenvalue weighted by Gasteiger charge is 2.13. The zero-order chi connectivity index (χ0) is 18.4. The molecule has 1 N–H and O–H groups in total. The summed E-state index contributed by atoms with van der Waals surface area (Å²) in [5, 5.41) is 3.32. The molecule has 0 aliphatic carbocycles. The molecule has 0 unspecified atom stereocenters. The molecule has 0 radical (unpaired) electrons. The van der Waals surface area contributed by atoms with E-state index in [0.29, 0.717) is 34.4 Å². The van der Waals surface area contributed by atoms with E-state index in [9.17, 15) is 4.79 Å². The normalized spacial score (nSPS) is 10.2. The van der Waals surface area contributed by atoms with Crippen LogP contribution in [-0.4, -0.2) is 12.5 Å². The van der Waals surface area contributed by atoms with Gasteiger partial charge in [0, 0.05) is 10.7 Å². The average molecular weight is 368 g/mol. The van der Waals surface area contributed by atoms with Gasteiger partial charge in [-0.3, -0.25) is 4.79 Å². The molecule has 3 rings (SSSR count). The molecule has 0 bridgehead atoms. The fourth-order valence-corrected chi connectivity index (χ4v) is 2.56. The first-order valence-corrected chi connectivity index (χ1v) is 8.60. The average Bonchev–Trinajstić information content (AvgIpc) is 2.66. The van der Waals surface area contributed by atoms with Crippen LogP contribution in [0.5, 0.6) is 17.2 Å². The summed E-state index contributed by atoms with van der Waals surface area (Å²) >= 11 is 6.01. The van der Waals surface area contributed by atoms with Gasteiger partial charge in [0.15, 0.2) is 0 Å². The number of ether oxygens (including phenoxy) is 2. The molecule has 0 heterocycles. The van der Waals surface area contributed by atoms with E-state index in [0.717, 1.165) is 5.75 Å². The third-order valence-electron chi connectivity index (χ3n) is 3.58. The Hall–Kier alpha value is -2.98. The number of rotatable bonds is 6. The van der Waals surface area contributed by atoms with Gasteiger partial charge in [-0.1, -0.05) is 29.8 Å². The molecule has 0 aliphatic rings. The van der Waals surface area contributed by atoms with Gasteiger partial charge >= 0.3 is 0 Å². The molecule has 3 aromatic rings. The minimum absolute atomic E-state index is 0.285. The lowest BCUT2D eigenvalue weighted by Gasteiger charge is -2.11. The topological polar surface area (TPSA) is 47.6 Å². The van der Waals surface area contributed by atoms with E-state index >= 15 is 0 Å². The van der Waals surface area contributed by atoms with Gasteiger partial charge in [0.25, 0.3) is 5.91 Å². The van der Waals surface area contributed by atoms with Crippen LogP contribution >= 0.6 is 11.6 Å². The number of amides is 1. The van der Waals surface area contributed by atoms with Crippen molar-refractivity contribution in [3.05, 3.63) is 83.4 Å². The Morgan fingerprint density at radius 3 is 2.35 bits per heavy atom. The molecule has 132 valence electrons. The van der Waals surface area contributed by atoms with E-state index in [1.807, 2.05) is 37.3 Å². The predicted molar refractivity (Wildman–Crippen MR) is 104 cm³/mol. The van der Waals surface area contributed by atoms with Crippen LogP contribution in [0.25, 0.3) is 0 Å². The maximum atomic E-state index is 12.6. The smallest absolute Gasteiger partial charge is 0.259 e. The number of carbonyl (C=O) groups is 1. The summed E-state index contributed by atoms with van der Waals surface area (Å²) in [5.74, 6) is 1.66. The zero-order valence-electron chi connectivity index (χ0n) is 14.2. The van der Waals surface area contributed by atoms with Crippen LogP contribution in [0.15, 0.2) is 72.8 Å². The molecule has 0 spiro atoms. The van der Waals surface area contributed by atoms with Crippen LogP contribution in [0.2, 0.25) is 5.02 Å². The molecule has 0 saturated carbocycles. The Labute approximate surface area is 157 Å². The van der Waals surface area contributed by atoms with E-state index in [4.69, 9.17) is 21.1 Å². The lowest BCUT2D eigenvalue weighted by molar-refractivity contribution is 0.102. The quantitative estimate of drug-likeness (QED) is 0.600. The number of carbonyl (C=O) groups excluding carboxylic acids is 1. The maximum absolute atomic E-state index is 12.6. The molecule has 0 fully saturated rings. The number of hydrogen-bond acceptors (Lipinski definition) is 3. The van der Waals surface area contributed by atoms with Crippen LogP contribution in [-0.2, 0) is 0 Å². The number of hydrogen-bond donors (Lipinski definition) is 1. The van der Waals surface area contributed by atoms with Crippen LogP contribution < -0.4 is 14.8 Å². The van der Waals surface area contributed by atoms with Crippen molar-refractivity contribution in [1.82, 2.24) is 0 Å². The summed E-state index contributed by atoms with van der Waals surface area (Å²) in [6, 6.07) is 21.6. The third kappa shape index (κ3) is 4.55. The predicted octanol–water partition coefficient (Wildman–Crippen LogP) is 5.78. The Morgan fingerprint density at radius 2 is 1.65 bits per heavy atom. The standard InChI is InChI=1S/C21H18ClNO3/c1-2-25-20-13-8-15(22)14-19(20)21(24)23-16-9-11-18(12-10-16)26-17-6-4-3-5-7-17/h3-14H,2H2,1H3,(H,23,24). The fourth-order valence-electron chi connectivity index (χ4n) is 2.39. The SMILES string of the molecule is CCOc1ccc(Cl)cc1C(=O)Nc1ccc(Oc2ccccc2)cc1. The monoisotopic (exact) mass is 367 g/mol. The number of benzene rings is 3. The summed E-state index contributed by atoms with van der Waals surface area (Å²) in [7, 11) is 0. The first kappa shape index (κ1) is 17.8. The van der Waals surface area contributed by atoms with Crippen molar-refractivity contribution in [2.75, 3.05) is 11.9 Å². The van der Waals surface area contributed by atoms with Gasteiger partial charge in [-0.25, -0.2) is 0 Å². The largest absolute Gasteiger partial charge is 0.493 e. The highest BCUT2D eigenvalue weighted by molar-refractivity contribution is 6.31. The second-order valence-electron chi connectivity index (χ2n) is 5.47. The Morgan fingerprint density at radius 1 is 0.962 bits per heavy atom. The van der Waals surface area contributed by atoms with E-state index in [-0.39, 0.29) is 5.91 Å². The van der Waals surface area contributed by atoms with Crippen molar-refractivity contribution < 1.29 is 14.3 Å². The van der Waals surface area contributed by atoms with Gasteiger partial charge in [-0.2, -0.15) is 0 Å². The lowest BCUT2D eigenvalue weighted by atomic mass is 10.1.